The average Bonchev–Trinajstić information content (AvgIpc) is 3.20. The van der Waals surface area contributed by atoms with E-state index in [9.17, 15) is 14.7 Å². The highest BCUT2D eigenvalue weighted by atomic mass is 16.6. The van der Waals surface area contributed by atoms with Crippen molar-refractivity contribution >= 4 is 23.3 Å². The Labute approximate surface area is 185 Å². The molecule has 166 valence electrons. The number of pyridine rings is 1. The molecule has 0 saturated heterocycles. The summed E-state index contributed by atoms with van der Waals surface area (Å²) < 4.78 is 15.5. The minimum absolute atomic E-state index is 0.0240. The Morgan fingerprint density at radius 2 is 2.12 bits per heavy atom. The van der Waals surface area contributed by atoms with E-state index < -0.39 is 6.09 Å². The van der Waals surface area contributed by atoms with E-state index in [4.69, 9.17) is 14.2 Å². The van der Waals surface area contributed by atoms with Crippen LogP contribution in [0.1, 0.15) is 22.3 Å². The van der Waals surface area contributed by atoms with Crippen LogP contribution in [0.5, 0.6) is 17.4 Å². The highest BCUT2D eigenvalue weighted by Crippen LogP contribution is 2.41. The largest absolute Gasteiger partial charge is 0.504 e. The van der Waals surface area contributed by atoms with Crippen molar-refractivity contribution in [2.75, 3.05) is 32.3 Å². The van der Waals surface area contributed by atoms with Crippen molar-refractivity contribution in [2.45, 2.75) is 12.5 Å². The number of amides is 2. The van der Waals surface area contributed by atoms with Crippen LogP contribution in [0.2, 0.25) is 0 Å². The molecule has 2 aromatic rings. The fraction of sp³-hybridized carbons (Fsp3) is 0.261. The van der Waals surface area contributed by atoms with Gasteiger partial charge in [0.25, 0.3) is 5.91 Å². The zero-order valence-corrected chi connectivity index (χ0v) is 17.8. The monoisotopic (exact) mass is 437 g/mol. The van der Waals surface area contributed by atoms with Gasteiger partial charge >= 0.3 is 6.09 Å². The molecule has 9 heteroatoms. The normalized spacial score (nSPS) is 17.1. The quantitative estimate of drug-likeness (QED) is 0.717. The number of methoxy groups -OCH3 is 2. The van der Waals surface area contributed by atoms with Crippen LogP contribution >= 0.6 is 0 Å². The number of phenols is 1. The summed E-state index contributed by atoms with van der Waals surface area (Å²) in [5.74, 6) is 0.148. The summed E-state index contributed by atoms with van der Waals surface area (Å²) in [6.45, 7) is 3.77. The van der Waals surface area contributed by atoms with Crippen LogP contribution < -0.4 is 14.4 Å². The van der Waals surface area contributed by atoms with Crippen molar-refractivity contribution in [1.29, 1.82) is 0 Å². The van der Waals surface area contributed by atoms with E-state index in [0.29, 0.717) is 12.3 Å². The van der Waals surface area contributed by atoms with Gasteiger partial charge in [-0.3, -0.25) is 9.69 Å². The third-order valence-corrected chi connectivity index (χ3v) is 5.45. The van der Waals surface area contributed by atoms with E-state index in [0.717, 1.165) is 11.1 Å². The molecule has 2 aliphatic heterocycles. The molecule has 0 aliphatic carbocycles. The van der Waals surface area contributed by atoms with Crippen molar-refractivity contribution in [3.8, 4) is 17.4 Å². The standard InChI is InChI=1S/C23H23N3O6/c1-4-7-32-23(29)26-13-16-8-15(14-5-6-21(31-3)24-11-14)12-25(16)22(28)17-9-20(30-2)19(27)10-18(17)26/h4-6,9-12,16,27H,1,7-8,13H2,2-3H3/t16-/m0/s1. The number of ether oxygens (including phenoxy) is 3. The lowest BCUT2D eigenvalue weighted by Gasteiger charge is -2.25. The summed E-state index contributed by atoms with van der Waals surface area (Å²) in [7, 11) is 2.94. The number of benzene rings is 1. The van der Waals surface area contributed by atoms with Crippen LogP contribution in [0.3, 0.4) is 0 Å². The minimum Gasteiger partial charge on any atom is -0.504 e. The van der Waals surface area contributed by atoms with E-state index in [1.54, 1.807) is 30.5 Å². The fourth-order valence-electron chi connectivity index (χ4n) is 3.88. The summed E-state index contributed by atoms with van der Waals surface area (Å²) in [6, 6.07) is 6.09. The van der Waals surface area contributed by atoms with Crippen LogP contribution in [0, 0.1) is 0 Å². The Morgan fingerprint density at radius 3 is 2.78 bits per heavy atom. The summed E-state index contributed by atoms with van der Waals surface area (Å²) >= 11 is 0. The molecular weight excluding hydrogens is 414 g/mol. The molecule has 1 atom stereocenters. The van der Waals surface area contributed by atoms with Crippen molar-refractivity contribution in [3.63, 3.8) is 0 Å². The van der Waals surface area contributed by atoms with E-state index in [1.165, 1.54) is 30.2 Å². The Kier molecular flexibility index (Phi) is 5.72. The van der Waals surface area contributed by atoms with Gasteiger partial charge in [-0.25, -0.2) is 9.78 Å². The third kappa shape index (κ3) is 3.73. The van der Waals surface area contributed by atoms with Crippen LogP contribution in [0.4, 0.5) is 10.5 Å². The lowest BCUT2D eigenvalue weighted by atomic mass is 10.0. The molecule has 3 heterocycles. The van der Waals surface area contributed by atoms with E-state index in [1.807, 2.05) is 6.07 Å². The Balaban J connectivity index is 1.75. The molecule has 2 amide bonds. The van der Waals surface area contributed by atoms with Gasteiger partial charge in [-0.05, 0) is 29.7 Å². The summed E-state index contributed by atoms with van der Waals surface area (Å²) in [4.78, 5) is 33.5. The molecule has 0 bridgehead atoms. The number of rotatable bonds is 5. The van der Waals surface area contributed by atoms with Gasteiger partial charge in [-0.15, -0.1) is 0 Å². The van der Waals surface area contributed by atoms with Gasteiger partial charge in [0.1, 0.15) is 6.61 Å². The number of hydrogen-bond donors (Lipinski definition) is 1. The molecule has 2 aliphatic rings. The number of aromatic hydroxyl groups is 1. The summed E-state index contributed by atoms with van der Waals surface area (Å²) in [5.41, 5.74) is 2.25. The van der Waals surface area contributed by atoms with Crippen LogP contribution in [-0.4, -0.2) is 60.4 Å². The van der Waals surface area contributed by atoms with Crippen LogP contribution in [0.15, 0.2) is 49.3 Å². The third-order valence-electron chi connectivity index (χ3n) is 5.45. The number of carbonyl (C=O) groups excluding carboxylic acids is 2. The van der Waals surface area contributed by atoms with Gasteiger partial charge in [0, 0.05) is 24.5 Å². The van der Waals surface area contributed by atoms with Crippen molar-refractivity contribution in [3.05, 3.63) is 60.4 Å². The minimum atomic E-state index is -0.634. The molecule has 4 rings (SSSR count). The van der Waals surface area contributed by atoms with Gasteiger partial charge in [-0.2, -0.15) is 0 Å². The molecular formula is C23H23N3O6. The number of hydrogen-bond acceptors (Lipinski definition) is 7. The van der Waals surface area contributed by atoms with Gasteiger partial charge in [0.2, 0.25) is 5.88 Å². The van der Waals surface area contributed by atoms with Crippen molar-refractivity contribution in [1.82, 2.24) is 9.88 Å². The number of fused-ring (bicyclic) bond motifs is 2. The topological polar surface area (TPSA) is 101 Å². The molecule has 1 N–H and O–H groups in total. The maximum Gasteiger partial charge on any atom is 0.414 e. The molecule has 0 saturated carbocycles. The first kappa shape index (κ1) is 21.2. The van der Waals surface area contributed by atoms with Crippen molar-refractivity contribution in [2.24, 2.45) is 0 Å². The van der Waals surface area contributed by atoms with E-state index >= 15 is 0 Å². The second-order valence-electron chi connectivity index (χ2n) is 7.33. The van der Waals surface area contributed by atoms with Gasteiger partial charge in [0.05, 0.1) is 38.1 Å². The molecule has 9 nitrogen and oxygen atoms in total. The first-order valence-electron chi connectivity index (χ1n) is 9.96. The molecule has 0 unspecified atom stereocenters. The smallest absolute Gasteiger partial charge is 0.414 e. The zero-order valence-electron chi connectivity index (χ0n) is 17.8. The maximum atomic E-state index is 13.5. The Morgan fingerprint density at radius 1 is 1.31 bits per heavy atom. The summed E-state index contributed by atoms with van der Waals surface area (Å²) in [6.07, 6.45) is 4.81. The van der Waals surface area contributed by atoms with Gasteiger partial charge in [0.15, 0.2) is 11.5 Å². The summed E-state index contributed by atoms with van der Waals surface area (Å²) in [5, 5.41) is 10.3. The molecule has 0 spiro atoms. The SMILES string of the molecule is C=CCOC(=O)N1C[C@@H]2CC(c3ccc(OC)nc3)=CN2C(=O)c2cc(OC)c(O)cc21. The molecule has 0 fully saturated rings. The Bertz CT molecular complexity index is 1100. The van der Waals surface area contributed by atoms with Crippen LogP contribution in [-0.2, 0) is 4.74 Å². The number of nitrogens with zero attached hydrogens (tertiary/aromatic N) is 3. The van der Waals surface area contributed by atoms with Gasteiger partial charge in [-0.1, -0.05) is 12.7 Å². The first-order chi connectivity index (χ1) is 15.5. The Hall–Kier alpha value is -4.01. The highest BCUT2D eigenvalue weighted by Gasteiger charge is 2.39. The highest BCUT2D eigenvalue weighted by molar-refractivity contribution is 6.06. The zero-order chi connectivity index (χ0) is 22.8. The number of carbonyl (C=O) groups is 2. The first-order valence-corrected chi connectivity index (χ1v) is 9.96. The second kappa shape index (κ2) is 8.62. The molecule has 0 radical (unpaired) electrons. The fourth-order valence-corrected chi connectivity index (χ4v) is 3.88. The number of aromatic nitrogens is 1. The van der Waals surface area contributed by atoms with Crippen molar-refractivity contribution < 1.29 is 28.9 Å². The van der Waals surface area contributed by atoms with E-state index in [-0.39, 0.29) is 47.9 Å². The number of phenolic OH excluding ortho intramolecular Hbond substituents is 1. The lowest BCUT2D eigenvalue weighted by molar-refractivity contribution is 0.0794. The number of anilines is 1. The maximum absolute atomic E-state index is 13.5. The van der Waals surface area contributed by atoms with E-state index in [2.05, 4.69) is 11.6 Å². The molecule has 32 heavy (non-hydrogen) atoms. The predicted octanol–water partition coefficient (Wildman–Crippen LogP) is 3.20. The van der Waals surface area contributed by atoms with Gasteiger partial charge < -0.3 is 24.2 Å². The second-order valence-corrected chi connectivity index (χ2v) is 7.33. The predicted molar refractivity (Wildman–Crippen MR) is 117 cm³/mol. The molecule has 1 aromatic heterocycles. The average molecular weight is 437 g/mol. The molecule has 1 aromatic carbocycles. The lowest BCUT2D eigenvalue weighted by Crippen LogP contribution is -2.41. The van der Waals surface area contributed by atoms with Crippen LogP contribution in [0.25, 0.3) is 5.57 Å².